The van der Waals surface area contributed by atoms with Crippen LogP contribution in [-0.2, 0) is 4.74 Å². The van der Waals surface area contributed by atoms with E-state index in [2.05, 4.69) is 31.6 Å². The molecule has 148 valence electrons. The number of para-hydroxylation sites is 2. The van der Waals surface area contributed by atoms with E-state index >= 15 is 0 Å². The van der Waals surface area contributed by atoms with Gasteiger partial charge in [0.25, 0.3) is 5.91 Å². The van der Waals surface area contributed by atoms with Gasteiger partial charge in [-0.3, -0.25) is 4.79 Å². The number of anilines is 3. The summed E-state index contributed by atoms with van der Waals surface area (Å²) in [5.74, 6) is 0.481. The lowest BCUT2D eigenvalue weighted by Crippen LogP contribution is -2.36. The Morgan fingerprint density at radius 3 is 2.57 bits per heavy atom. The first kappa shape index (κ1) is 18.7. The number of amides is 1. The van der Waals surface area contributed by atoms with E-state index in [1.807, 2.05) is 18.2 Å². The topological polar surface area (TPSA) is 79.4 Å². The molecule has 1 aliphatic heterocycles. The number of benzene rings is 1. The van der Waals surface area contributed by atoms with Crippen LogP contribution >= 0.6 is 0 Å². The first-order valence-electron chi connectivity index (χ1n) is 10.1. The average Bonchev–Trinajstić information content (AvgIpc) is 2.76. The first-order chi connectivity index (χ1) is 13.8. The molecule has 28 heavy (non-hydrogen) atoms. The van der Waals surface area contributed by atoms with E-state index in [9.17, 15) is 4.79 Å². The van der Waals surface area contributed by atoms with Crippen molar-refractivity contribution in [2.45, 2.75) is 38.1 Å². The Balaban J connectivity index is 1.41. The monoisotopic (exact) mass is 381 g/mol. The summed E-state index contributed by atoms with van der Waals surface area (Å²) in [7, 11) is 0. The fraction of sp³-hybridized carbons (Fsp3) is 0.476. The number of morpholine rings is 1. The number of hydrogen-bond acceptors (Lipinski definition) is 6. The molecule has 2 aromatic rings. The van der Waals surface area contributed by atoms with Crippen LogP contribution in [0.3, 0.4) is 0 Å². The van der Waals surface area contributed by atoms with Crippen molar-refractivity contribution in [3.8, 4) is 0 Å². The van der Waals surface area contributed by atoms with E-state index in [1.54, 1.807) is 6.20 Å². The number of rotatable bonds is 5. The van der Waals surface area contributed by atoms with E-state index in [1.165, 1.54) is 25.5 Å². The summed E-state index contributed by atoms with van der Waals surface area (Å²) in [6.45, 7) is 3.20. The molecule has 0 bridgehead atoms. The summed E-state index contributed by atoms with van der Waals surface area (Å²) in [5, 5.41) is 6.41. The van der Waals surface area contributed by atoms with Crippen LogP contribution in [0.2, 0.25) is 0 Å². The first-order valence-corrected chi connectivity index (χ1v) is 10.1. The van der Waals surface area contributed by atoms with Gasteiger partial charge in [0.05, 0.1) is 37.0 Å². The zero-order chi connectivity index (χ0) is 19.2. The Morgan fingerprint density at radius 2 is 1.82 bits per heavy atom. The zero-order valence-corrected chi connectivity index (χ0v) is 16.1. The van der Waals surface area contributed by atoms with Gasteiger partial charge in [0.2, 0.25) is 0 Å². The molecular formula is C21H27N5O2. The van der Waals surface area contributed by atoms with Crippen molar-refractivity contribution in [1.29, 1.82) is 0 Å². The molecular weight excluding hydrogens is 354 g/mol. The predicted molar refractivity (Wildman–Crippen MR) is 109 cm³/mol. The van der Waals surface area contributed by atoms with Crippen molar-refractivity contribution >= 4 is 23.1 Å². The quantitative estimate of drug-likeness (QED) is 0.828. The molecule has 1 saturated carbocycles. The van der Waals surface area contributed by atoms with Gasteiger partial charge in [0, 0.05) is 19.1 Å². The number of ether oxygens (including phenoxy) is 1. The summed E-state index contributed by atoms with van der Waals surface area (Å²) in [6.07, 6.45) is 8.89. The molecule has 0 unspecified atom stereocenters. The van der Waals surface area contributed by atoms with Crippen molar-refractivity contribution < 1.29 is 9.53 Å². The van der Waals surface area contributed by atoms with Crippen LogP contribution in [0, 0.1) is 0 Å². The lowest BCUT2D eigenvalue weighted by molar-refractivity contribution is 0.0922. The van der Waals surface area contributed by atoms with E-state index < -0.39 is 0 Å². The van der Waals surface area contributed by atoms with E-state index in [0.717, 1.165) is 50.5 Å². The normalized spacial score (nSPS) is 17.9. The van der Waals surface area contributed by atoms with Crippen molar-refractivity contribution in [2.75, 3.05) is 36.5 Å². The second-order valence-corrected chi connectivity index (χ2v) is 7.34. The molecule has 2 fully saturated rings. The molecule has 0 atom stereocenters. The Kier molecular flexibility index (Phi) is 6.01. The number of carbonyl (C=O) groups excluding carboxylic acids is 1. The molecule has 1 aliphatic carbocycles. The predicted octanol–water partition coefficient (Wildman–Crippen LogP) is 3.12. The minimum Gasteiger partial charge on any atom is -0.378 e. The lowest BCUT2D eigenvalue weighted by atomic mass is 9.95. The molecule has 4 rings (SSSR count). The highest BCUT2D eigenvalue weighted by atomic mass is 16.5. The second-order valence-electron chi connectivity index (χ2n) is 7.34. The summed E-state index contributed by atoms with van der Waals surface area (Å²) >= 11 is 0. The van der Waals surface area contributed by atoms with Gasteiger partial charge >= 0.3 is 0 Å². The highest BCUT2D eigenvalue weighted by Crippen LogP contribution is 2.28. The standard InChI is InChI=1S/C21H27N5O2/c27-21(24-16-6-2-1-3-7-16)18-14-23-20(15-22-18)25-17-8-4-5-9-19(17)26-10-12-28-13-11-26/h4-5,8-9,14-16H,1-3,6-7,10-13H2,(H,23,25)(H,24,27). The van der Waals surface area contributed by atoms with Crippen molar-refractivity contribution in [3.05, 3.63) is 42.4 Å². The van der Waals surface area contributed by atoms with Crippen LogP contribution in [0.25, 0.3) is 0 Å². The number of hydrogen-bond donors (Lipinski definition) is 2. The lowest BCUT2D eigenvalue weighted by Gasteiger charge is -2.30. The summed E-state index contributed by atoms with van der Waals surface area (Å²) < 4.78 is 5.45. The Labute approximate surface area is 165 Å². The third kappa shape index (κ3) is 4.59. The molecule has 1 amide bonds. The third-order valence-corrected chi connectivity index (χ3v) is 5.34. The van der Waals surface area contributed by atoms with Gasteiger partial charge in [-0.1, -0.05) is 31.4 Å². The molecule has 1 aromatic heterocycles. The maximum atomic E-state index is 12.4. The van der Waals surface area contributed by atoms with E-state index in [-0.39, 0.29) is 11.9 Å². The molecule has 2 heterocycles. The van der Waals surface area contributed by atoms with Crippen LogP contribution in [0.4, 0.5) is 17.2 Å². The molecule has 0 spiro atoms. The van der Waals surface area contributed by atoms with Crippen LogP contribution in [0.15, 0.2) is 36.7 Å². The Morgan fingerprint density at radius 1 is 1.04 bits per heavy atom. The SMILES string of the molecule is O=C(NC1CCCCC1)c1cnc(Nc2ccccc2N2CCOCC2)cn1. The van der Waals surface area contributed by atoms with Gasteiger partial charge in [-0.05, 0) is 25.0 Å². The molecule has 1 aromatic carbocycles. The van der Waals surface area contributed by atoms with Crippen LogP contribution < -0.4 is 15.5 Å². The highest BCUT2D eigenvalue weighted by molar-refractivity contribution is 5.92. The van der Waals surface area contributed by atoms with Crippen LogP contribution in [0.5, 0.6) is 0 Å². The zero-order valence-electron chi connectivity index (χ0n) is 16.1. The largest absolute Gasteiger partial charge is 0.378 e. The number of nitrogens with one attached hydrogen (secondary N) is 2. The molecule has 7 heteroatoms. The highest BCUT2D eigenvalue weighted by Gasteiger charge is 2.18. The molecule has 1 saturated heterocycles. The van der Waals surface area contributed by atoms with E-state index in [4.69, 9.17) is 4.74 Å². The summed E-state index contributed by atoms with van der Waals surface area (Å²) in [5.41, 5.74) is 2.45. The molecule has 7 nitrogen and oxygen atoms in total. The number of carbonyl (C=O) groups is 1. The van der Waals surface area contributed by atoms with Crippen LogP contribution in [-0.4, -0.2) is 48.2 Å². The van der Waals surface area contributed by atoms with Gasteiger partial charge in [0.15, 0.2) is 0 Å². The van der Waals surface area contributed by atoms with Gasteiger partial charge in [0.1, 0.15) is 11.5 Å². The fourth-order valence-corrected chi connectivity index (χ4v) is 3.81. The number of nitrogens with zero attached hydrogens (tertiary/aromatic N) is 3. The average molecular weight is 381 g/mol. The molecule has 2 N–H and O–H groups in total. The molecule has 0 radical (unpaired) electrons. The van der Waals surface area contributed by atoms with Gasteiger partial charge in [-0.25, -0.2) is 9.97 Å². The summed E-state index contributed by atoms with van der Waals surface area (Å²) in [6, 6.07) is 8.40. The van der Waals surface area contributed by atoms with Gasteiger partial charge in [-0.15, -0.1) is 0 Å². The Hall–Kier alpha value is -2.67. The second kappa shape index (κ2) is 9.01. The fourth-order valence-electron chi connectivity index (χ4n) is 3.81. The maximum absolute atomic E-state index is 12.4. The van der Waals surface area contributed by atoms with Crippen molar-refractivity contribution in [3.63, 3.8) is 0 Å². The van der Waals surface area contributed by atoms with Crippen LogP contribution in [0.1, 0.15) is 42.6 Å². The van der Waals surface area contributed by atoms with Crippen molar-refractivity contribution in [1.82, 2.24) is 15.3 Å². The number of aromatic nitrogens is 2. The smallest absolute Gasteiger partial charge is 0.271 e. The minimum absolute atomic E-state index is 0.139. The minimum atomic E-state index is -0.139. The Bertz CT molecular complexity index is 784. The third-order valence-electron chi connectivity index (χ3n) is 5.34. The maximum Gasteiger partial charge on any atom is 0.271 e. The van der Waals surface area contributed by atoms with Gasteiger partial charge < -0.3 is 20.3 Å². The summed E-state index contributed by atoms with van der Waals surface area (Å²) in [4.78, 5) is 23.4. The van der Waals surface area contributed by atoms with Gasteiger partial charge in [-0.2, -0.15) is 0 Å². The van der Waals surface area contributed by atoms with Crippen molar-refractivity contribution in [2.24, 2.45) is 0 Å². The molecule has 2 aliphatic rings. The van der Waals surface area contributed by atoms with E-state index in [0.29, 0.717) is 11.5 Å².